The predicted molar refractivity (Wildman–Crippen MR) is 124 cm³/mol. The van der Waals surface area contributed by atoms with E-state index in [1.54, 1.807) is 0 Å². The van der Waals surface area contributed by atoms with Gasteiger partial charge < -0.3 is 0 Å². The molecule has 0 spiro atoms. The van der Waals surface area contributed by atoms with Crippen molar-refractivity contribution >= 4 is 23.1 Å². The third-order valence-corrected chi connectivity index (χ3v) is 5.15. The van der Waals surface area contributed by atoms with Crippen LogP contribution >= 0.6 is 12.2 Å². The summed E-state index contributed by atoms with van der Waals surface area (Å²) in [7, 11) is 0. The molecule has 0 radical (unpaired) electrons. The van der Waals surface area contributed by atoms with Crippen LogP contribution in [0.1, 0.15) is 49.6 Å². The number of aromatic nitrogens is 2. The van der Waals surface area contributed by atoms with E-state index in [-0.39, 0.29) is 0 Å². The Bertz CT molecular complexity index is 925. The lowest BCUT2D eigenvalue weighted by molar-refractivity contribution is 0.667. The summed E-state index contributed by atoms with van der Waals surface area (Å²) in [5.41, 5.74) is 5.70. The molecule has 0 aliphatic heterocycles. The molecule has 0 saturated heterocycles. The first kappa shape index (κ1) is 21.0. The van der Waals surface area contributed by atoms with E-state index in [9.17, 15) is 0 Å². The molecule has 0 aliphatic carbocycles. The van der Waals surface area contributed by atoms with Crippen molar-refractivity contribution in [1.29, 1.82) is 0 Å². The highest BCUT2D eigenvalue weighted by Crippen LogP contribution is 2.20. The standard InChI is InChI=1S/C25H27N3S/c1-2-3-4-5-6-20-7-12-22(13-8-20)23-17-26-25(27-18-23)16-11-21-9-14-24(15-10-21)28-19-29/h7-10,12-15,17-18H,2-6,11,16H2,1H3. The molecule has 148 valence electrons. The summed E-state index contributed by atoms with van der Waals surface area (Å²) in [6.45, 7) is 2.25. The highest BCUT2D eigenvalue weighted by molar-refractivity contribution is 7.78. The van der Waals surface area contributed by atoms with Crippen molar-refractivity contribution in [3.63, 3.8) is 0 Å². The van der Waals surface area contributed by atoms with Crippen molar-refractivity contribution in [1.82, 2.24) is 9.97 Å². The van der Waals surface area contributed by atoms with Crippen molar-refractivity contribution in [2.24, 2.45) is 4.99 Å². The molecule has 4 heteroatoms. The average Bonchev–Trinajstić information content (AvgIpc) is 2.77. The van der Waals surface area contributed by atoms with Gasteiger partial charge in [-0.2, -0.15) is 4.99 Å². The Labute approximate surface area is 179 Å². The average molecular weight is 402 g/mol. The van der Waals surface area contributed by atoms with Gasteiger partial charge in [0.15, 0.2) is 0 Å². The Morgan fingerprint density at radius 3 is 2.07 bits per heavy atom. The van der Waals surface area contributed by atoms with E-state index in [1.165, 1.54) is 42.4 Å². The van der Waals surface area contributed by atoms with Crippen molar-refractivity contribution < 1.29 is 0 Å². The lowest BCUT2D eigenvalue weighted by atomic mass is 10.0. The molecule has 3 rings (SSSR count). The molecule has 0 fully saturated rings. The fraction of sp³-hybridized carbons (Fsp3) is 0.320. The topological polar surface area (TPSA) is 38.1 Å². The van der Waals surface area contributed by atoms with Crippen LogP contribution in [0.2, 0.25) is 0 Å². The summed E-state index contributed by atoms with van der Waals surface area (Å²) >= 11 is 4.63. The number of aliphatic imine (C=N–C) groups is 1. The van der Waals surface area contributed by atoms with E-state index in [0.29, 0.717) is 0 Å². The van der Waals surface area contributed by atoms with Crippen LogP contribution in [0.15, 0.2) is 65.9 Å². The van der Waals surface area contributed by atoms with Gasteiger partial charge in [0.1, 0.15) is 5.82 Å². The largest absolute Gasteiger partial charge is 0.241 e. The van der Waals surface area contributed by atoms with Crippen molar-refractivity contribution in [3.05, 3.63) is 77.9 Å². The van der Waals surface area contributed by atoms with Crippen LogP contribution < -0.4 is 0 Å². The van der Waals surface area contributed by atoms with Gasteiger partial charge in [-0.05, 0) is 60.3 Å². The molecular formula is C25H27N3S. The fourth-order valence-electron chi connectivity index (χ4n) is 3.30. The van der Waals surface area contributed by atoms with Crippen LogP contribution in [0.25, 0.3) is 11.1 Å². The number of rotatable bonds is 10. The third kappa shape index (κ3) is 6.70. The third-order valence-electron chi connectivity index (χ3n) is 5.06. The summed E-state index contributed by atoms with van der Waals surface area (Å²) in [6.07, 6.45) is 11.9. The van der Waals surface area contributed by atoms with Crippen molar-refractivity contribution in [2.75, 3.05) is 0 Å². The van der Waals surface area contributed by atoms with Gasteiger partial charge in [0.2, 0.25) is 0 Å². The molecule has 0 saturated carbocycles. The Hall–Kier alpha value is -2.68. The van der Waals surface area contributed by atoms with Crippen LogP contribution in [0.4, 0.5) is 5.69 Å². The zero-order valence-corrected chi connectivity index (χ0v) is 17.8. The Balaban J connectivity index is 1.53. The van der Waals surface area contributed by atoms with Crippen molar-refractivity contribution in [3.8, 4) is 11.1 Å². The monoisotopic (exact) mass is 401 g/mol. The summed E-state index contributed by atoms with van der Waals surface area (Å²) in [5.74, 6) is 0.863. The number of aryl methyl sites for hydroxylation is 3. The first-order chi connectivity index (χ1) is 14.3. The molecule has 29 heavy (non-hydrogen) atoms. The highest BCUT2D eigenvalue weighted by atomic mass is 32.1. The van der Waals surface area contributed by atoms with Gasteiger partial charge in [-0.1, -0.05) is 62.6 Å². The van der Waals surface area contributed by atoms with E-state index in [2.05, 4.69) is 75.7 Å². The predicted octanol–water partition coefficient (Wildman–Crippen LogP) is 6.79. The van der Waals surface area contributed by atoms with Crippen molar-refractivity contribution in [2.45, 2.75) is 51.9 Å². The SMILES string of the molecule is CCCCCCc1ccc(-c2cnc(CCc3ccc(N=C=S)cc3)nc2)cc1. The van der Waals surface area contributed by atoms with Gasteiger partial charge in [-0.3, -0.25) is 0 Å². The first-order valence-corrected chi connectivity index (χ1v) is 10.8. The summed E-state index contributed by atoms with van der Waals surface area (Å²) in [4.78, 5) is 13.1. The number of unbranched alkanes of at least 4 members (excludes halogenated alkanes) is 3. The number of hydrogen-bond acceptors (Lipinski definition) is 4. The molecule has 0 bridgehead atoms. The molecular weight excluding hydrogens is 374 g/mol. The normalized spacial score (nSPS) is 10.5. The minimum atomic E-state index is 0.812. The molecule has 0 amide bonds. The number of benzene rings is 2. The van der Waals surface area contributed by atoms with Gasteiger partial charge in [0.05, 0.1) is 10.8 Å². The smallest absolute Gasteiger partial charge is 0.128 e. The van der Waals surface area contributed by atoms with Gasteiger partial charge in [0.25, 0.3) is 0 Å². The van der Waals surface area contributed by atoms with Gasteiger partial charge in [-0.25, -0.2) is 9.97 Å². The van der Waals surface area contributed by atoms with E-state index < -0.39 is 0 Å². The molecule has 1 aromatic heterocycles. The highest BCUT2D eigenvalue weighted by Gasteiger charge is 2.03. The fourth-order valence-corrected chi connectivity index (χ4v) is 3.40. The van der Waals surface area contributed by atoms with Crippen LogP contribution in [0.3, 0.4) is 0 Å². The molecule has 0 unspecified atom stereocenters. The first-order valence-electron chi connectivity index (χ1n) is 10.4. The minimum Gasteiger partial charge on any atom is -0.241 e. The van der Waals surface area contributed by atoms with E-state index in [0.717, 1.165) is 36.3 Å². The quantitative estimate of drug-likeness (QED) is 0.213. The molecule has 2 aromatic carbocycles. The van der Waals surface area contributed by atoms with Gasteiger partial charge in [-0.15, -0.1) is 0 Å². The molecule has 3 nitrogen and oxygen atoms in total. The molecule has 0 atom stereocenters. The van der Waals surface area contributed by atoms with Crippen LogP contribution in [0.5, 0.6) is 0 Å². The number of isothiocyanates is 1. The molecule has 0 aliphatic rings. The maximum atomic E-state index is 4.63. The van der Waals surface area contributed by atoms with E-state index in [4.69, 9.17) is 0 Å². The lowest BCUT2D eigenvalue weighted by Crippen LogP contribution is -1.98. The van der Waals surface area contributed by atoms with E-state index >= 15 is 0 Å². The maximum Gasteiger partial charge on any atom is 0.128 e. The van der Waals surface area contributed by atoms with E-state index in [1.807, 2.05) is 24.5 Å². The van der Waals surface area contributed by atoms with Crippen LogP contribution in [0, 0.1) is 0 Å². The molecule has 1 heterocycles. The minimum absolute atomic E-state index is 0.812. The van der Waals surface area contributed by atoms with Crippen LogP contribution in [-0.4, -0.2) is 15.1 Å². The molecule has 0 N–H and O–H groups in total. The second kappa shape index (κ2) is 11.4. The number of hydrogen-bond donors (Lipinski definition) is 0. The number of nitrogens with zero attached hydrogens (tertiary/aromatic N) is 3. The Morgan fingerprint density at radius 1 is 0.759 bits per heavy atom. The zero-order valence-electron chi connectivity index (χ0n) is 17.0. The van der Waals surface area contributed by atoms with Crippen LogP contribution in [-0.2, 0) is 19.3 Å². The van der Waals surface area contributed by atoms with Gasteiger partial charge in [0, 0.05) is 24.4 Å². The maximum absolute atomic E-state index is 4.63. The second-order valence-electron chi connectivity index (χ2n) is 7.27. The summed E-state index contributed by atoms with van der Waals surface area (Å²) in [5, 5.41) is 2.38. The summed E-state index contributed by atoms with van der Waals surface area (Å²) in [6, 6.07) is 16.8. The zero-order chi connectivity index (χ0) is 20.3. The summed E-state index contributed by atoms with van der Waals surface area (Å²) < 4.78 is 0. The molecule has 3 aromatic rings. The lowest BCUT2D eigenvalue weighted by Gasteiger charge is -2.06. The second-order valence-corrected chi connectivity index (χ2v) is 7.45. The number of thiocarbonyl (C=S) groups is 1. The van der Waals surface area contributed by atoms with Gasteiger partial charge >= 0.3 is 0 Å². The Morgan fingerprint density at radius 2 is 1.41 bits per heavy atom. The Kier molecular flexibility index (Phi) is 8.24.